The van der Waals surface area contributed by atoms with Crippen LogP contribution >= 0.6 is 0 Å². The molecule has 5 aromatic rings. The van der Waals surface area contributed by atoms with Gasteiger partial charge in [-0.2, -0.15) is 0 Å². The minimum atomic E-state index is -0.558. The molecule has 0 aliphatic heterocycles. The number of carbonyl (C=O) groups is 1. The lowest BCUT2D eigenvalue weighted by Crippen LogP contribution is -2.31. The van der Waals surface area contributed by atoms with Crippen LogP contribution in [0.2, 0.25) is 0 Å². The number of methoxy groups -OCH3 is 2. The molecule has 0 aliphatic carbocycles. The van der Waals surface area contributed by atoms with Crippen LogP contribution in [0.4, 0.5) is 10.1 Å². The Balaban J connectivity index is 1.39. The van der Waals surface area contributed by atoms with Crippen molar-refractivity contribution in [2.24, 2.45) is 0 Å². The lowest BCUT2D eigenvalue weighted by atomic mass is 10.1. The number of nitrogens with one attached hydrogen (secondary N) is 1. The summed E-state index contributed by atoms with van der Waals surface area (Å²) in [6, 6.07) is 17.3. The average Bonchev–Trinajstić information content (AvgIpc) is 2.94. The van der Waals surface area contributed by atoms with Crippen molar-refractivity contribution in [2.45, 2.75) is 13.8 Å². The summed E-state index contributed by atoms with van der Waals surface area (Å²) in [6.45, 7) is 3.46. The molecule has 5 rings (SSSR count). The molecule has 9 nitrogen and oxygen atoms in total. The predicted molar refractivity (Wildman–Crippen MR) is 149 cm³/mol. The second-order valence-corrected chi connectivity index (χ2v) is 8.92. The standard InChI is InChI=1S/C30H25FN4O5/c1-17-15-18(2)35(21-9-5-19(31)6-10-21)30(37)26(17)28(36)33-20-7-11-22(12-8-20)40-24-13-14-32-23-16-25(38-3)29(39-4)34-27(23)24/h5-16H,1-4H3,(H,33,36). The molecule has 3 heterocycles. The Morgan fingerprint density at radius 3 is 2.33 bits per heavy atom. The lowest BCUT2D eigenvalue weighted by Gasteiger charge is -2.15. The van der Waals surface area contributed by atoms with Gasteiger partial charge in [0.05, 0.1) is 19.7 Å². The Morgan fingerprint density at radius 2 is 1.65 bits per heavy atom. The normalized spacial score (nSPS) is 10.8. The number of ether oxygens (including phenoxy) is 3. The molecule has 1 amide bonds. The highest BCUT2D eigenvalue weighted by Gasteiger charge is 2.19. The first-order valence-electron chi connectivity index (χ1n) is 12.2. The van der Waals surface area contributed by atoms with Gasteiger partial charge in [-0.3, -0.25) is 19.1 Å². The smallest absolute Gasteiger partial charge is 0.268 e. The summed E-state index contributed by atoms with van der Waals surface area (Å²) in [4.78, 5) is 35.3. The van der Waals surface area contributed by atoms with Crippen molar-refractivity contribution in [3.8, 4) is 28.8 Å². The minimum absolute atomic E-state index is 0.00560. The summed E-state index contributed by atoms with van der Waals surface area (Å²) in [5.41, 5.74) is 2.65. The summed E-state index contributed by atoms with van der Waals surface area (Å²) < 4.78 is 31.4. The van der Waals surface area contributed by atoms with Crippen molar-refractivity contribution in [2.75, 3.05) is 19.5 Å². The fourth-order valence-corrected chi connectivity index (χ4v) is 4.39. The average molecular weight is 541 g/mol. The topological polar surface area (TPSA) is 105 Å². The zero-order valence-electron chi connectivity index (χ0n) is 22.2. The molecule has 0 bridgehead atoms. The number of anilines is 1. The van der Waals surface area contributed by atoms with Crippen LogP contribution in [0.25, 0.3) is 16.7 Å². The summed E-state index contributed by atoms with van der Waals surface area (Å²) >= 11 is 0. The van der Waals surface area contributed by atoms with Gasteiger partial charge in [-0.05, 0) is 74.0 Å². The third kappa shape index (κ3) is 5.06. The number of benzene rings is 2. The highest BCUT2D eigenvalue weighted by Crippen LogP contribution is 2.34. The minimum Gasteiger partial charge on any atom is -0.491 e. The molecule has 202 valence electrons. The molecule has 0 aliphatic rings. The molecule has 0 spiro atoms. The van der Waals surface area contributed by atoms with Crippen molar-refractivity contribution in [1.82, 2.24) is 14.5 Å². The fourth-order valence-electron chi connectivity index (χ4n) is 4.39. The molecule has 0 saturated heterocycles. The van der Waals surface area contributed by atoms with Gasteiger partial charge in [-0.15, -0.1) is 0 Å². The number of aromatic nitrogens is 3. The van der Waals surface area contributed by atoms with E-state index in [0.717, 1.165) is 0 Å². The second kappa shape index (κ2) is 10.9. The Bertz CT molecular complexity index is 1780. The maximum Gasteiger partial charge on any atom is 0.268 e. The van der Waals surface area contributed by atoms with E-state index >= 15 is 0 Å². The number of amides is 1. The van der Waals surface area contributed by atoms with Crippen LogP contribution in [0, 0.1) is 19.7 Å². The second-order valence-electron chi connectivity index (χ2n) is 8.92. The van der Waals surface area contributed by atoms with Crippen LogP contribution in [0.15, 0.2) is 77.7 Å². The maximum absolute atomic E-state index is 13.4. The van der Waals surface area contributed by atoms with Crippen LogP contribution in [-0.2, 0) is 0 Å². The predicted octanol–water partition coefficient (Wildman–Crippen LogP) is 5.60. The fraction of sp³-hybridized carbons (Fsp3) is 0.133. The van der Waals surface area contributed by atoms with E-state index < -0.39 is 17.3 Å². The first-order valence-corrected chi connectivity index (χ1v) is 12.2. The van der Waals surface area contributed by atoms with Crippen molar-refractivity contribution < 1.29 is 23.4 Å². The van der Waals surface area contributed by atoms with Crippen LogP contribution in [-0.4, -0.2) is 34.7 Å². The number of hydrogen-bond donors (Lipinski definition) is 1. The summed E-state index contributed by atoms with van der Waals surface area (Å²) in [6.07, 6.45) is 1.60. The van der Waals surface area contributed by atoms with Crippen LogP contribution < -0.4 is 25.1 Å². The number of hydrogen-bond acceptors (Lipinski definition) is 7. The van der Waals surface area contributed by atoms with Gasteiger partial charge in [0.15, 0.2) is 11.5 Å². The van der Waals surface area contributed by atoms with E-state index in [2.05, 4.69) is 15.3 Å². The Kier molecular flexibility index (Phi) is 7.15. The molecule has 2 aromatic carbocycles. The summed E-state index contributed by atoms with van der Waals surface area (Å²) in [5, 5.41) is 2.77. The quantitative estimate of drug-likeness (QED) is 0.287. The van der Waals surface area contributed by atoms with Gasteiger partial charge in [0.1, 0.15) is 22.6 Å². The molecule has 1 N–H and O–H groups in total. The van der Waals surface area contributed by atoms with Crippen LogP contribution in [0.5, 0.6) is 23.1 Å². The van der Waals surface area contributed by atoms with E-state index in [0.29, 0.717) is 56.8 Å². The van der Waals surface area contributed by atoms with E-state index in [1.807, 2.05) is 0 Å². The molecule has 10 heteroatoms. The largest absolute Gasteiger partial charge is 0.491 e. The number of nitrogens with zero attached hydrogens (tertiary/aromatic N) is 3. The molecule has 0 unspecified atom stereocenters. The number of rotatable bonds is 7. The van der Waals surface area contributed by atoms with E-state index in [-0.39, 0.29) is 5.56 Å². The van der Waals surface area contributed by atoms with Crippen LogP contribution in [0.3, 0.4) is 0 Å². The number of aryl methyl sites for hydroxylation is 2. The molecule has 0 fully saturated rings. The van der Waals surface area contributed by atoms with E-state index in [9.17, 15) is 14.0 Å². The third-order valence-electron chi connectivity index (χ3n) is 6.26. The third-order valence-corrected chi connectivity index (χ3v) is 6.26. The van der Waals surface area contributed by atoms with Gasteiger partial charge in [0.2, 0.25) is 0 Å². The molecular weight excluding hydrogens is 515 g/mol. The molecule has 0 atom stereocenters. The number of carbonyl (C=O) groups excluding carboxylic acids is 1. The van der Waals surface area contributed by atoms with Gasteiger partial charge in [-0.1, -0.05) is 0 Å². The molecular formula is C30H25FN4O5. The van der Waals surface area contributed by atoms with E-state index in [4.69, 9.17) is 14.2 Å². The van der Waals surface area contributed by atoms with E-state index in [1.165, 1.54) is 43.1 Å². The summed E-state index contributed by atoms with van der Waals surface area (Å²) in [7, 11) is 3.02. The molecule has 0 radical (unpaired) electrons. The molecule has 0 saturated carbocycles. The van der Waals surface area contributed by atoms with Gasteiger partial charge in [-0.25, -0.2) is 9.37 Å². The van der Waals surface area contributed by atoms with Gasteiger partial charge < -0.3 is 19.5 Å². The zero-order valence-corrected chi connectivity index (χ0v) is 22.2. The van der Waals surface area contributed by atoms with Crippen molar-refractivity contribution >= 4 is 22.6 Å². The zero-order chi connectivity index (χ0) is 28.4. The Morgan fingerprint density at radius 1 is 0.925 bits per heavy atom. The Labute approximate surface area is 228 Å². The monoisotopic (exact) mass is 540 g/mol. The SMILES string of the molecule is COc1cc2nccc(Oc3ccc(NC(=O)c4c(C)cc(C)n(-c5ccc(F)cc5)c4=O)cc3)c2nc1OC. The highest BCUT2D eigenvalue weighted by atomic mass is 19.1. The Hall–Kier alpha value is -5.25. The first kappa shape index (κ1) is 26.4. The van der Waals surface area contributed by atoms with Crippen molar-refractivity contribution in [3.63, 3.8) is 0 Å². The van der Waals surface area contributed by atoms with Gasteiger partial charge in [0.25, 0.3) is 17.3 Å². The number of fused-ring (bicyclic) bond motifs is 1. The summed E-state index contributed by atoms with van der Waals surface area (Å²) in [5.74, 6) is 0.730. The highest BCUT2D eigenvalue weighted by molar-refractivity contribution is 6.05. The molecule has 40 heavy (non-hydrogen) atoms. The van der Waals surface area contributed by atoms with Crippen molar-refractivity contribution in [3.05, 3.63) is 106 Å². The maximum atomic E-state index is 13.4. The van der Waals surface area contributed by atoms with Gasteiger partial charge >= 0.3 is 0 Å². The van der Waals surface area contributed by atoms with Gasteiger partial charge in [0, 0.05) is 35.4 Å². The van der Waals surface area contributed by atoms with Crippen LogP contribution in [0.1, 0.15) is 21.6 Å². The molecule has 3 aromatic heterocycles. The van der Waals surface area contributed by atoms with Crippen molar-refractivity contribution in [1.29, 1.82) is 0 Å². The number of halogens is 1. The first-order chi connectivity index (χ1) is 19.3. The lowest BCUT2D eigenvalue weighted by molar-refractivity contribution is 0.102. The van der Waals surface area contributed by atoms with E-state index in [1.54, 1.807) is 62.5 Å². The number of pyridine rings is 3.